The molecule has 2 aliphatic rings. The van der Waals surface area contributed by atoms with Gasteiger partial charge in [-0.15, -0.1) is 0 Å². The van der Waals surface area contributed by atoms with E-state index in [9.17, 15) is 5.11 Å². The fourth-order valence-corrected chi connectivity index (χ4v) is 3.62. The highest BCUT2D eigenvalue weighted by Crippen LogP contribution is 2.25. The molecular formula is C17H26N2O2. The zero-order chi connectivity index (χ0) is 14.7. The number of rotatable bonds is 5. The number of morpholine rings is 1. The van der Waals surface area contributed by atoms with Crippen molar-refractivity contribution >= 4 is 0 Å². The number of ether oxygens (including phenoxy) is 1. The molecule has 3 atom stereocenters. The molecule has 0 radical (unpaired) electrons. The maximum atomic E-state index is 9.63. The van der Waals surface area contributed by atoms with E-state index < -0.39 is 0 Å². The first-order valence-corrected chi connectivity index (χ1v) is 8.13. The topological polar surface area (TPSA) is 44.7 Å². The molecule has 0 saturated carbocycles. The molecule has 1 aromatic rings. The van der Waals surface area contributed by atoms with Crippen molar-refractivity contribution in [3.63, 3.8) is 0 Å². The summed E-state index contributed by atoms with van der Waals surface area (Å²) < 4.78 is 6.14. The number of phenolic OH excluding ortho intramolecular Hbond substituents is 1. The number of hydrogen-bond acceptors (Lipinski definition) is 4. The van der Waals surface area contributed by atoms with Crippen molar-refractivity contribution in [1.29, 1.82) is 0 Å². The molecule has 2 N–H and O–H groups in total. The first-order chi connectivity index (χ1) is 10.3. The van der Waals surface area contributed by atoms with Gasteiger partial charge in [-0.2, -0.15) is 0 Å². The molecule has 4 heteroatoms. The third-order valence-electron chi connectivity index (χ3n) is 4.70. The SMILES string of the molecule is CCNC(Cc1cccc(O)c1)C1CN2CCCC2CO1. The summed E-state index contributed by atoms with van der Waals surface area (Å²) in [5.74, 6) is 0.340. The predicted molar refractivity (Wildman–Crippen MR) is 83.6 cm³/mol. The predicted octanol–water partition coefficient (Wildman–Crippen LogP) is 1.78. The van der Waals surface area contributed by atoms with Gasteiger partial charge < -0.3 is 15.2 Å². The zero-order valence-corrected chi connectivity index (χ0v) is 12.8. The standard InChI is InChI=1S/C17H26N2O2/c1-2-18-16(10-13-5-3-7-15(20)9-13)17-11-19-8-4-6-14(19)12-21-17/h3,5,7,9,14,16-18,20H,2,4,6,8,10-12H2,1H3. The second-order valence-electron chi connectivity index (χ2n) is 6.20. The van der Waals surface area contributed by atoms with E-state index in [1.807, 2.05) is 12.1 Å². The first kappa shape index (κ1) is 14.8. The van der Waals surface area contributed by atoms with Crippen LogP contribution < -0.4 is 5.32 Å². The molecule has 116 valence electrons. The molecule has 3 unspecified atom stereocenters. The van der Waals surface area contributed by atoms with E-state index in [0.717, 1.165) is 31.7 Å². The van der Waals surface area contributed by atoms with E-state index in [0.29, 0.717) is 17.8 Å². The minimum atomic E-state index is 0.238. The van der Waals surface area contributed by atoms with Crippen LogP contribution in [0.1, 0.15) is 25.3 Å². The van der Waals surface area contributed by atoms with Crippen LogP contribution in [0.3, 0.4) is 0 Å². The number of nitrogens with zero attached hydrogens (tertiary/aromatic N) is 1. The van der Waals surface area contributed by atoms with E-state index in [2.05, 4.69) is 23.2 Å². The summed E-state index contributed by atoms with van der Waals surface area (Å²) in [5.41, 5.74) is 1.16. The maximum Gasteiger partial charge on any atom is 0.115 e. The van der Waals surface area contributed by atoms with Gasteiger partial charge in [-0.25, -0.2) is 0 Å². The first-order valence-electron chi connectivity index (χ1n) is 8.13. The van der Waals surface area contributed by atoms with Crippen molar-refractivity contribution in [3.8, 4) is 5.75 Å². The van der Waals surface area contributed by atoms with Gasteiger partial charge in [0.15, 0.2) is 0 Å². The largest absolute Gasteiger partial charge is 0.508 e. The number of phenols is 1. The van der Waals surface area contributed by atoms with E-state index in [1.165, 1.54) is 19.4 Å². The van der Waals surface area contributed by atoms with E-state index >= 15 is 0 Å². The van der Waals surface area contributed by atoms with Crippen LogP contribution in [0.4, 0.5) is 0 Å². The minimum absolute atomic E-state index is 0.238. The van der Waals surface area contributed by atoms with Crippen LogP contribution in [-0.4, -0.2) is 54.4 Å². The molecular weight excluding hydrogens is 264 g/mol. The van der Waals surface area contributed by atoms with Crippen molar-refractivity contribution in [1.82, 2.24) is 10.2 Å². The lowest BCUT2D eigenvalue weighted by Crippen LogP contribution is -2.54. The van der Waals surface area contributed by atoms with Gasteiger partial charge in [0.05, 0.1) is 12.7 Å². The molecule has 0 spiro atoms. The fraction of sp³-hybridized carbons (Fsp3) is 0.647. The van der Waals surface area contributed by atoms with Crippen molar-refractivity contribution in [2.24, 2.45) is 0 Å². The summed E-state index contributed by atoms with van der Waals surface area (Å²) >= 11 is 0. The normalized spacial score (nSPS) is 27.5. The maximum absolute atomic E-state index is 9.63. The summed E-state index contributed by atoms with van der Waals surface area (Å²) in [5, 5.41) is 13.2. The molecule has 2 fully saturated rings. The van der Waals surface area contributed by atoms with Crippen LogP contribution in [0, 0.1) is 0 Å². The summed E-state index contributed by atoms with van der Waals surface area (Å²) in [6.45, 7) is 6.19. The molecule has 3 rings (SSSR count). The highest BCUT2D eigenvalue weighted by atomic mass is 16.5. The van der Waals surface area contributed by atoms with Gasteiger partial charge in [-0.05, 0) is 50.0 Å². The number of aromatic hydroxyl groups is 1. The van der Waals surface area contributed by atoms with Gasteiger partial charge in [-0.3, -0.25) is 4.90 Å². The number of likely N-dealkylation sites (N-methyl/N-ethyl adjacent to an activating group) is 1. The number of nitrogens with one attached hydrogen (secondary N) is 1. The summed E-state index contributed by atoms with van der Waals surface area (Å²) in [6, 6.07) is 8.50. The molecule has 1 aromatic carbocycles. The van der Waals surface area contributed by atoms with Crippen molar-refractivity contribution in [2.75, 3.05) is 26.2 Å². The van der Waals surface area contributed by atoms with Crippen LogP contribution in [0.5, 0.6) is 5.75 Å². The lowest BCUT2D eigenvalue weighted by atomic mass is 9.99. The van der Waals surface area contributed by atoms with E-state index in [4.69, 9.17) is 4.74 Å². The summed E-state index contributed by atoms with van der Waals surface area (Å²) in [4.78, 5) is 2.58. The van der Waals surface area contributed by atoms with Crippen molar-refractivity contribution in [3.05, 3.63) is 29.8 Å². The summed E-state index contributed by atoms with van der Waals surface area (Å²) in [7, 11) is 0. The molecule has 2 aliphatic heterocycles. The van der Waals surface area contributed by atoms with E-state index in [1.54, 1.807) is 6.07 Å². The average molecular weight is 290 g/mol. The lowest BCUT2D eigenvalue weighted by Gasteiger charge is -2.39. The van der Waals surface area contributed by atoms with Gasteiger partial charge in [-0.1, -0.05) is 19.1 Å². The van der Waals surface area contributed by atoms with Gasteiger partial charge in [0.1, 0.15) is 5.75 Å². The Kier molecular flexibility index (Phi) is 4.78. The smallest absolute Gasteiger partial charge is 0.115 e. The molecule has 0 bridgehead atoms. The van der Waals surface area contributed by atoms with Crippen molar-refractivity contribution < 1.29 is 9.84 Å². The van der Waals surface area contributed by atoms with Crippen LogP contribution in [0.2, 0.25) is 0 Å². The average Bonchev–Trinajstić information content (AvgIpc) is 2.94. The highest BCUT2D eigenvalue weighted by Gasteiger charge is 2.35. The van der Waals surface area contributed by atoms with Crippen molar-refractivity contribution in [2.45, 2.75) is 44.4 Å². The molecule has 0 amide bonds. The number of hydrogen-bond donors (Lipinski definition) is 2. The Labute approximate surface area is 127 Å². The number of benzene rings is 1. The Balaban J connectivity index is 1.66. The molecule has 0 aromatic heterocycles. The van der Waals surface area contributed by atoms with Gasteiger partial charge >= 0.3 is 0 Å². The lowest BCUT2D eigenvalue weighted by molar-refractivity contribution is -0.0641. The molecule has 2 heterocycles. The Morgan fingerprint density at radius 1 is 1.48 bits per heavy atom. The second-order valence-corrected chi connectivity index (χ2v) is 6.20. The van der Waals surface area contributed by atoms with E-state index in [-0.39, 0.29) is 6.10 Å². The second kappa shape index (κ2) is 6.77. The fourth-order valence-electron chi connectivity index (χ4n) is 3.62. The molecule has 21 heavy (non-hydrogen) atoms. The Hall–Kier alpha value is -1.10. The third kappa shape index (κ3) is 3.57. The van der Waals surface area contributed by atoms with Crippen LogP contribution in [0.15, 0.2) is 24.3 Å². The minimum Gasteiger partial charge on any atom is -0.508 e. The Morgan fingerprint density at radius 3 is 3.19 bits per heavy atom. The third-order valence-corrected chi connectivity index (χ3v) is 4.70. The van der Waals surface area contributed by atoms with Crippen LogP contribution in [0.25, 0.3) is 0 Å². The van der Waals surface area contributed by atoms with Gasteiger partial charge in [0.2, 0.25) is 0 Å². The monoisotopic (exact) mass is 290 g/mol. The Bertz CT molecular complexity index is 466. The number of fused-ring (bicyclic) bond motifs is 1. The van der Waals surface area contributed by atoms with Gasteiger partial charge in [0.25, 0.3) is 0 Å². The highest BCUT2D eigenvalue weighted by molar-refractivity contribution is 5.27. The van der Waals surface area contributed by atoms with Gasteiger partial charge in [0, 0.05) is 18.6 Å². The van der Waals surface area contributed by atoms with Crippen LogP contribution >= 0.6 is 0 Å². The van der Waals surface area contributed by atoms with Crippen LogP contribution in [-0.2, 0) is 11.2 Å². The molecule has 4 nitrogen and oxygen atoms in total. The zero-order valence-electron chi connectivity index (χ0n) is 12.8. The molecule has 0 aliphatic carbocycles. The Morgan fingerprint density at radius 2 is 2.38 bits per heavy atom. The summed E-state index contributed by atoms with van der Waals surface area (Å²) in [6.07, 6.45) is 3.72. The molecule has 2 saturated heterocycles. The quantitative estimate of drug-likeness (QED) is 0.867.